The number of hydrogen-bond acceptors (Lipinski definition) is 2. The van der Waals surface area contributed by atoms with Gasteiger partial charge in [-0.15, -0.1) is 0 Å². The summed E-state index contributed by atoms with van der Waals surface area (Å²) in [5.41, 5.74) is 5.63. The molecule has 2 atom stereocenters. The molecule has 4 N–H and O–H groups in total. The zero-order valence-corrected chi connectivity index (χ0v) is 8.91. The molecule has 0 radical (unpaired) electrons. The van der Waals surface area contributed by atoms with Gasteiger partial charge in [0.15, 0.2) is 5.96 Å². The lowest BCUT2D eigenvalue weighted by Crippen LogP contribution is -2.38. The average Bonchev–Trinajstić information content (AvgIpc) is 2.01. The smallest absolute Gasteiger partial charge is 0.189 e. The number of nitrogens with one attached hydrogen (secondary N) is 1. The molecule has 0 aromatic heterocycles. The molecule has 13 heavy (non-hydrogen) atoms. The van der Waals surface area contributed by atoms with Gasteiger partial charge in [-0.1, -0.05) is 6.92 Å². The number of aliphatic imine (C=N–C) groups is 1. The van der Waals surface area contributed by atoms with Gasteiger partial charge < -0.3 is 16.2 Å². The first kappa shape index (κ1) is 12.2. The molecule has 0 rings (SSSR count). The molecular weight excluding hydrogens is 166 g/mol. The number of hydrogen-bond donors (Lipinski definition) is 3. The van der Waals surface area contributed by atoms with Gasteiger partial charge in [0.05, 0.1) is 6.04 Å². The van der Waals surface area contributed by atoms with Gasteiger partial charge in [0, 0.05) is 18.6 Å². The minimum absolute atomic E-state index is 0.0521. The van der Waals surface area contributed by atoms with E-state index in [0.29, 0.717) is 12.0 Å². The average molecular weight is 187 g/mol. The summed E-state index contributed by atoms with van der Waals surface area (Å²) in [6.45, 7) is 8.03. The number of nitrogens with zero attached hydrogens (tertiary/aromatic N) is 1. The van der Waals surface area contributed by atoms with Gasteiger partial charge in [0.2, 0.25) is 0 Å². The highest BCUT2D eigenvalue weighted by Gasteiger charge is 2.09. The Hall–Kier alpha value is -0.770. The van der Waals surface area contributed by atoms with Crippen LogP contribution in [0.4, 0.5) is 0 Å². The van der Waals surface area contributed by atoms with Crippen molar-refractivity contribution in [3.05, 3.63) is 0 Å². The summed E-state index contributed by atoms with van der Waals surface area (Å²) in [4.78, 5) is 4.21. The van der Waals surface area contributed by atoms with Gasteiger partial charge >= 0.3 is 0 Å². The summed E-state index contributed by atoms with van der Waals surface area (Å²) in [5.74, 6) is 0.593. The molecule has 0 fully saturated rings. The monoisotopic (exact) mass is 187 g/mol. The van der Waals surface area contributed by atoms with Crippen LogP contribution < -0.4 is 11.1 Å². The fourth-order valence-electron chi connectivity index (χ4n) is 0.832. The van der Waals surface area contributed by atoms with Crippen LogP contribution in [-0.2, 0) is 0 Å². The van der Waals surface area contributed by atoms with Crippen molar-refractivity contribution in [1.29, 1.82) is 0 Å². The number of guanidine groups is 1. The second kappa shape index (κ2) is 5.80. The highest BCUT2D eigenvalue weighted by molar-refractivity contribution is 5.78. The third-order valence-corrected chi connectivity index (χ3v) is 1.89. The van der Waals surface area contributed by atoms with E-state index in [9.17, 15) is 0 Å². The Labute approximate surface area is 80.2 Å². The maximum absolute atomic E-state index is 8.87. The van der Waals surface area contributed by atoms with Crippen molar-refractivity contribution in [1.82, 2.24) is 5.32 Å². The van der Waals surface area contributed by atoms with Crippen LogP contribution >= 0.6 is 0 Å². The quantitative estimate of drug-likeness (QED) is 0.438. The number of nitrogens with two attached hydrogens (primary N) is 1. The SMILES string of the molecule is CC(C)NC(N)=NC(C)C(C)CO. The maximum atomic E-state index is 8.87. The van der Waals surface area contributed by atoms with E-state index >= 15 is 0 Å². The van der Waals surface area contributed by atoms with Crippen LogP contribution in [0.3, 0.4) is 0 Å². The Kier molecular flexibility index (Phi) is 5.46. The third kappa shape index (κ3) is 5.47. The Balaban J connectivity index is 4.05. The Morgan fingerprint density at radius 2 is 1.92 bits per heavy atom. The van der Waals surface area contributed by atoms with E-state index in [4.69, 9.17) is 10.8 Å². The number of aliphatic hydroxyl groups is 1. The predicted octanol–water partition coefficient (Wildman–Crippen LogP) is 0.316. The van der Waals surface area contributed by atoms with E-state index in [-0.39, 0.29) is 18.6 Å². The summed E-state index contributed by atoms with van der Waals surface area (Å²) in [6.07, 6.45) is 0. The molecule has 0 heterocycles. The molecule has 0 aliphatic heterocycles. The molecular formula is C9H21N3O. The second-order valence-electron chi connectivity index (χ2n) is 3.71. The van der Waals surface area contributed by atoms with E-state index in [1.165, 1.54) is 0 Å². The van der Waals surface area contributed by atoms with Gasteiger partial charge in [-0.3, -0.25) is 4.99 Å². The lowest BCUT2D eigenvalue weighted by atomic mass is 10.1. The van der Waals surface area contributed by atoms with Gasteiger partial charge in [-0.25, -0.2) is 0 Å². The van der Waals surface area contributed by atoms with E-state index in [0.717, 1.165) is 0 Å². The first-order chi connectivity index (χ1) is 5.97. The van der Waals surface area contributed by atoms with Crippen LogP contribution in [0.5, 0.6) is 0 Å². The fourth-order valence-corrected chi connectivity index (χ4v) is 0.832. The van der Waals surface area contributed by atoms with E-state index in [1.54, 1.807) is 0 Å². The molecule has 78 valence electrons. The molecule has 0 aliphatic carbocycles. The summed E-state index contributed by atoms with van der Waals surface area (Å²) in [5, 5.41) is 11.9. The van der Waals surface area contributed by atoms with Crippen LogP contribution in [0.15, 0.2) is 4.99 Å². The molecule has 0 aliphatic rings. The van der Waals surface area contributed by atoms with Crippen LogP contribution in [0.2, 0.25) is 0 Å². The summed E-state index contributed by atoms with van der Waals surface area (Å²) < 4.78 is 0. The molecule has 0 saturated carbocycles. The molecule has 4 heteroatoms. The van der Waals surface area contributed by atoms with Crippen LogP contribution in [0.25, 0.3) is 0 Å². The molecule has 2 unspecified atom stereocenters. The van der Waals surface area contributed by atoms with Crippen molar-refractivity contribution in [2.24, 2.45) is 16.6 Å². The molecule has 0 aromatic rings. The van der Waals surface area contributed by atoms with Crippen LogP contribution in [0, 0.1) is 5.92 Å². The fraction of sp³-hybridized carbons (Fsp3) is 0.889. The molecule has 0 spiro atoms. The van der Waals surface area contributed by atoms with E-state index < -0.39 is 0 Å². The van der Waals surface area contributed by atoms with E-state index in [1.807, 2.05) is 27.7 Å². The molecule has 0 aromatic carbocycles. The minimum Gasteiger partial charge on any atom is -0.396 e. The Bertz CT molecular complexity index is 168. The van der Waals surface area contributed by atoms with Crippen molar-refractivity contribution in [2.45, 2.75) is 39.8 Å². The summed E-state index contributed by atoms with van der Waals surface area (Å²) in [7, 11) is 0. The number of rotatable bonds is 4. The standard InChI is InChI=1S/C9H21N3O/c1-6(2)11-9(10)12-8(4)7(3)5-13/h6-8,13H,5H2,1-4H3,(H3,10,11,12). The largest absolute Gasteiger partial charge is 0.396 e. The first-order valence-electron chi connectivity index (χ1n) is 4.68. The zero-order chi connectivity index (χ0) is 10.4. The summed E-state index contributed by atoms with van der Waals surface area (Å²) in [6, 6.07) is 0.344. The molecule has 0 saturated heterocycles. The topological polar surface area (TPSA) is 70.6 Å². The van der Waals surface area contributed by atoms with Crippen molar-refractivity contribution < 1.29 is 5.11 Å². The molecule has 0 amide bonds. The normalized spacial score (nSPS) is 17.2. The lowest BCUT2D eigenvalue weighted by molar-refractivity contribution is 0.221. The van der Waals surface area contributed by atoms with Crippen molar-refractivity contribution in [2.75, 3.05) is 6.61 Å². The first-order valence-corrected chi connectivity index (χ1v) is 4.68. The van der Waals surface area contributed by atoms with Crippen LogP contribution in [-0.4, -0.2) is 29.8 Å². The van der Waals surface area contributed by atoms with Gasteiger partial charge in [0.25, 0.3) is 0 Å². The summed E-state index contributed by atoms with van der Waals surface area (Å²) >= 11 is 0. The highest BCUT2D eigenvalue weighted by atomic mass is 16.3. The predicted molar refractivity (Wildman–Crippen MR) is 55.6 cm³/mol. The van der Waals surface area contributed by atoms with Gasteiger partial charge in [-0.05, 0) is 20.8 Å². The highest BCUT2D eigenvalue weighted by Crippen LogP contribution is 2.04. The second-order valence-corrected chi connectivity index (χ2v) is 3.71. The Morgan fingerprint density at radius 3 is 2.31 bits per heavy atom. The zero-order valence-electron chi connectivity index (χ0n) is 8.91. The third-order valence-electron chi connectivity index (χ3n) is 1.89. The van der Waals surface area contributed by atoms with Crippen molar-refractivity contribution >= 4 is 5.96 Å². The van der Waals surface area contributed by atoms with E-state index in [2.05, 4.69) is 10.3 Å². The van der Waals surface area contributed by atoms with Gasteiger partial charge in [-0.2, -0.15) is 0 Å². The van der Waals surface area contributed by atoms with Crippen molar-refractivity contribution in [3.63, 3.8) is 0 Å². The van der Waals surface area contributed by atoms with Crippen molar-refractivity contribution in [3.8, 4) is 0 Å². The number of aliphatic hydroxyl groups excluding tert-OH is 1. The Morgan fingerprint density at radius 1 is 1.38 bits per heavy atom. The van der Waals surface area contributed by atoms with Crippen LogP contribution in [0.1, 0.15) is 27.7 Å². The van der Waals surface area contributed by atoms with Gasteiger partial charge in [0.1, 0.15) is 0 Å². The lowest BCUT2D eigenvalue weighted by Gasteiger charge is -2.15. The minimum atomic E-state index is 0.0521. The maximum Gasteiger partial charge on any atom is 0.189 e. The molecule has 4 nitrogen and oxygen atoms in total. The molecule has 0 bridgehead atoms.